The van der Waals surface area contributed by atoms with Crippen molar-refractivity contribution >= 4 is 9.84 Å². The zero-order chi connectivity index (χ0) is 15.6. The van der Waals surface area contributed by atoms with Gasteiger partial charge in [0, 0.05) is 6.04 Å². The molecule has 0 N–H and O–H groups in total. The monoisotopic (exact) mass is 325 g/mol. The Bertz CT molecular complexity index is 708. The Kier molecular flexibility index (Phi) is 4.30. The molecule has 0 aliphatic carbocycles. The van der Waals surface area contributed by atoms with Gasteiger partial charge < -0.3 is 8.94 Å². The van der Waals surface area contributed by atoms with Crippen LogP contribution in [0.4, 0.5) is 0 Å². The number of aromatic nitrogens is 2. The van der Waals surface area contributed by atoms with Crippen LogP contribution in [0.2, 0.25) is 0 Å². The van der Waals surface area contributed by atoms with Gasteiger partial charge in [-0.2, -0.15) is 4.98 Å². The Morgan fingerprint density at radius 2 is 2.32 bits per heavy atom. The summed E-state index contributed by atoms with van der Waals surface area (Å²) in [5.74, 6) is 1.92. The molecule has 2 aromatic heterocycles. The van der Waals surface area contributed by atoms with E-state index in [0.29, 0.717) is 30.4 Å². The molecule has 0 amide bonds. The maximum absolute atomic E-state index is 11.7. The standard InChI is InChI=1S/C14H19N3O4S/c1-2-6-17(11-5-8-22(18,19)10-11)9-13-15-14(16-21-13)12-4-3-7-20-12/h3-4,7,11H,2,5-6,8-10H2,1H3/t11-/m1/s1. The largest absolute Gasteiger partial charge is 0.461 e. The summed E-state index contributed by atoms with van der Waals surface area (Å²) >= 11 is 0. The lowest BCUT2D eigenvalue weighted by Gasteiger charge is -2.25. The maximum Gasteiger partial charge on any atom is 0.241 e. The average Bonchev–Trinajstić information content (AvgIpc) is 3.17. The van der Waals surface area contributed by atoms with Crippen LogP contribution >= 0.6 is 0 Å². The quantitative estimate of drug-likeness (QED) is 0.799. The summed E-state index contributed by atoms with van der Waals surface area (Å²) in [7, 11) is -2.90. The highest BCUT2D eigenvalue weighted by molar-refractivity contribution is 7.91. The molecule has 120 valence electrons. The van der Waals surface area contributed by atoms with Crippen LogP contribution in [-0.2, 0) is 16.4 Å². The fourth-order valence-corrected chi connectivity index (χ4v) is 4.50. The smallest absolute Gasteiger partial charge is 0.241 e. The van der Waals surface area contributed by atoms with Crippen molar-refractivity contribution in [2.45, 2.75) is 32.4 Å². The molecule has 22 heavy (non-hydrogen) atoms. The molecule has 0 bridgehead atoms. The third kappa shape index (κ3) is 3.38. The molecular formula is C14H19N3O4S. The van der Waals surface area contributed by atoms with E-state index >= 15 is 0 Å². The molecule has 1 atom stereocenters. The molecule has 1 aliphatic rings. The van der Waals surface area contributed by atoms with Crippen molar-refractivity contribution in [2.75, 3.05) is 18.1 Å². The van der Waals surface area contributed by atoms with E-state index in [0.717, 1.165) is 13.0 Å². The van der Waals surface area contributed by atoms with Crippen molar-refractivity contribution in [3.05, 3.63) is 24.3 Å². The number of rotatable bonds is 6. The van der Waals surface area contributed by atoms with Crippen LogP contribution in [0, 0.1) is 0 Å². The van der Waals surface area contributed by atoms with E-state index in [9.17, 15) is 8.42 Å². The lowest BCUT2D eigenvalue weighted by molar-refractivity contribution is 0.177. The van der Waals surface area contributed by atoms with Gasteiger partial charge in [-0.25, -0.2) is 8.42 Å². The number of nitrogens with zero attached hydrogens (tertiary/aromatic N) is 3. The summed E-state index contributed by atoms with van der Waals surface area (Å²) in [4.78, 5) is 6.43. The second-order valence-electron chi connectivity index (χ2n) is 5.52. The zero-order valence-corrected chi connectivity index (χ0v) is 13.3. The van der Waals surface area contributed by atoms with Crippen LogP contribution in [0.3, 0.4) is 0 Å². The van der Waals surface area contributed by atoms with E-state index in [1.54, 1.807) is 18.4 Å². The van der Waals surface area contributed by atoms with Gasteiger partial charge in [0.1, 0.15) is 0 Å². The molecule has 0 saturated carbocycles. The highest BCUT2D eigenvalue weighted by atomic mass is 32.2. The van der Waals surface area contributed by atoms with Gasteiger partial charge in [0.25, 0.3) is 0 Å². The van der Waals surface area contributed by atoms with Crippen LogP contribution in [0.1, 0.15) is 25.7 Å². The Labute approximate surface area is 129 Å². The van der Waals surface area contributed by atoms with Crippen LogP contribution in [0.5, 0.6) is 0 Å². The van der Waals surface area contributed by atoms with Gasteiger partial charge >= 0.3 is 0 Å². The summed E-state index contributed by atoms with van der Waals surface area (Å²) in [6, 6.07) is 3.56. The summed E-state index contributed by atoms with van der Waals surface area (Å²) in [6.45, 7) is 3.33. The second kappa shape index (κ2) is 6.21. The summed E-state index contributed by atoms with van der Waals surface area (Å²) < 4.78 is 33.8. The number of furan rings is 1. The molecule has 1 fully saturated rings. The van der Waals surface area contributed by atoms with Crippen LogP contribution in [0.15, 0.2) is 27.3 Å². The van der Waals surface area contributed by atoms with E-state index in [-0.39, 0.29) is 17.5 Å². The van der Waals surface area contributed by atoms with E-state index in [1.165, 1.54) is 0 Å². The average molecular weight is 325 g/mol. The first kappa shape index (κ1) is 15.2. The topological polar surface area (TPSA) is 89.4 Å². The molecule has 0 radical (unpaired) electrons. The van der Waals surface area contributed by atoms with E-state index in [1.807, 2.05) is 0 Å². The van der Waals surface area contributed by atoms with Crippen molar-refractivity contribution in [1.82, 2.24) is 15.0 Å². The summed E-state index contributed by atoms with van der Waals surface area (Å²) in [5, 5.41) is 3.90. The van der Waals surface area contributed by atoms with E-state index in [2.05, 4.69) is 22.0 Å². The van der Waals surface area contributed by atoms with Crippen LogP contribution in [0.25, 0.3) is 11.6 Å². The molecule has 2 aromatic rings. The van der Waals surface area contributed by atoms with Gasteiger partial charge in [-0.05, 0) is 31.5 Å². The molecule has 1 saturated heterocycles. The van der Waals surface area contributed by atoms with Gasteiger partial charge in [-0.1, -0.05) is 12.1 Å². The first-order valence-corrected chi connectivity index (χ1v) is 9.20. The van der Waals surface area contributed by atoms with Crippen molar-refractivity contribution in [3.8, 4) is 11.6 Å². The predicted octanol–water partition coefficient (Wildman–Crippen LogP) is 1.73. The van der Waals surface area contributed by atoms with Gasteiger partial charge in [0.2, 0.25) is 11.7 Å². The fraction of sp³-hybridized carbons (Fsp3) is 0.571. The molecule has 3 rings (SSSR count). The van der Waals surface area contributed by atoms with Crippen LogP contribution in [-0.4, -0.2) is 47.6 Å². The number of hydrogen-bond acceptors (Lipinski definition) is 7. The van der Waals surface area contributed by atoms with Crippen molar-refractivity contribution < 1.29 is 17.4 Å². The van der Waals surface area contributed by atoms with Crippen molar-refractivity contribution in [1.29, 1.82) is 0 Å². The third-order valence-corrected chi connectivity index (χ3v) is 5.53. The normalized spacial score (nSPS) is 20.7. The lowest BCUT2D eigenvalue weighted by atomic mass is 10.2. The first-order chi connectivity index (χ1) is 10.6. The Morgan fingerprint density at radius 1 is 1.45 bits per heavy atom. The molecule has 0 spiro atoms. The minimum atomic E-state index is -2.90. The molecular weight excluding hydrogens is 306 g/mol. The predicted molar refractivity (Wildman–Crippen MR) is 79.8 cm³/mol. The van der Waals surface area contributed by atoms with Crippen LogP contribution < -0.4 is 0 Å². The van der Waals surface area contributed by atoms with Gasteiger partial charge in [-0.15, -0.1) is 0 Å². The van der Waals surface area contributed by atoms with Gasteiger partial charge in [0.05, 0.1) is 24.3 Å². The minimum Gasteiger partial charge on any atom is -0.461 e. The van der Waals surface area contributed by atoms with Gasteiger partial charge in [0.15, 0.2) is 15.6 Å². The molecule has 7 nitrogen and oxygen atoms in total. The van der Waals surface area contributed by atoms with Gasteiger partial charge in [-0.3, -0.25) is 4.90 Å². The fourth-order valence-electron chi connectivity index (χ4n) is 2.74. The second-order valence-corrected chi connectivity index (χ2v) is 7.75. The van der Waals surface area contributed by atoms with E-state index < -0.39 is 9.84 Å². The van der Waals surface area contributed by atoms with E-state index in [4.69, 9.17) is 8.94 Å². The van der Waals surface area contributed by atoms with Crippen molar-refractivity contribution in [3.63, 3.8) is 0 Å². The minimum absolute atomic E-state index is 0.0314. The Balaban J connectivity index is 1.71. The number of hydrogen-bond donors (Lipinski definition) is 0. The highest BCUT2D eigenvalue weighted by Crippen LogP contribution is 2.21. The molecule has 0 unspecified atom stereocenters. The molecule has 1 aliphatic heterocycles. The lowest BCUT2D eigenvalue weighted by Crippen LogP contribution is -2.36. The summed E-state index contributed by atoms with van der Waals surface area (Å²) in [5.41, 5.74) is 0. The molecule has 8 heteroatoms. The SMILES string of the molecule is CCCN(Cc1nc(-c2ccco2)no1)[C@@H]1CCS(=O)(=O)C1. The Morgan fingerprint density at radius 3 is 2.95 bits per heavy atom. The first-order valence-electron chi connectivity index (χ1n) is 7.38. The molecule has 0 aromatic carbocycles. The maximum atomic E-state index is 11.7. The van der Waals surface area contributed by atoms with Crippen molar-refractivity contribution in [2.24, 2.45) is 0 Å². The number of sulfone groups is 1. The Hall–Kier alpha value is -1.67. The zero-order valence-electron chi connectivity index (χ0n) is 12.4. The summed E-state index contributed by atoms with van der Waals surface area (Å²) in [6.07, 6.45) is 3.16. The molecule has 3 heterocycles. The third-order valence-electron chi connectivity index (χ3n) is 3.78. The highest BCUT2D eigenvalue weighted by Gasteiger charge is 2.32.